The van der Waals surface area contributed by atoms with Crippen LogP contribution in [0.25, 0.3) is 10.6 Å². The van der Waals surface area contributed by atoms with Gasteiger partial charge in [-0.2, -0.15) is 0 Å². The lowest BCUT2D eigenvalue weighted by atomic mass is 10.2. The van der Waals surface area contributed by atoms with Gasteiger partial charge in [0.05, 0.1) is 12.2 Å². The topological polar surface area (TPSA) is 42.0 Å². The minimum atomic E-state index is -0.232. The predicted molar refractivity (Wildman–Crippen MR) is 94.3 cm³/mol. The third-order valence-electron chi connectivity index (χ3n) is 2.51. The number of hydrogen-bond donors (Lipinski definition) is 1. The van der Waals surface area contributed by atoms with Crippen LogP contribution >= 0.6 is 54.8 Å². The molecule has 0 saturated heterocycles. The molecule has 1 N–H and O–H groups in total. The Bertz CT molecular complexity index is 692. The molecule has 0 aliphatic carbocycles. The fourth-order valence-corrected chi connectivity index (χ4v) is 3.69. The smallest absolute Gasteiger partial charge is 0.264 e. The van der Waals surface area contributed by atoms with E-state index < -0.39 is 0 Å². The third kappa shape index (κ3) is 4.07. The van der Waals surface area contributed by atoms with Crippen LogP contribution in [0.15, 0.2) is 24.3 Å². The first-order valence-electron chi connectivity index (χ1n) is 5.79. The average Bonchev–Trinajstić information content (AvgIpc) is 2.91. The molecule has 2 aromatic rings. The zero-order valence-electron chi connectivity index (χ0n) is 10.6. The summed E-state index contributed by atoms with van der Waals surface area (Å²) in [6.07, 6.45) is 5.16. The number of halogens is 3. The van der Waals surface area contributed by atoms with Crippen LogP contribution in [0.2, 0.25) is 5.02 Å². The molecule has 0 fully saturated rings. The maximum absolute atomic E-state index is 12.1. The predicted octanol–water partition coefficient (Wildman–Crippen LogP) is 4.61. The molecule has 0 radical (unpaired) electrons. The highest BCUT2D eigenvalue weighted by atomic mass is 79.9. The van der Waals surface area contributed by atoms with Crippen molar-refractivity contribution in [3.63, 3.8) is 0 Å². The van der Waals surface area contributed by atoms with E-state index in [4.69, 9.17) is 18.0 Å². The number of terminal acetylenes is 1. The highest BCUT2D eigenvalue weighted by Crippen LogP contribution is 2.37. The maximum Gasteiger partial charge on any atom is 0.264 e. The van der Waals surface area contributed by atoms with Crippen LogP contribution in [0.3, 0.4) is 0 Å². The number of benzene rings is 1. The lowest BCUT2D eigenvalue weighted by Gasteiger charge is -2.02. The standard InChI is InChI=1S/C14H9Br2ClN2OS/c1-2-7-18-13(20)11-10(12(15)16)19-14(21-11)8-3-5-9(17)6-4-8/h1,3-6,12H,7H2,(H,18,20). The number of nitrogens with zero attached hydrogens (tertiary/aromatic N) is 1. The summed E-state index contributed by atoms with van der Waals surface area (Å²) in [5.74, 6) is 2.14. The molecule has 7 heteroatoms. The van der Waals surface area contributed by atoms with Gasteiger partial charge in [-0.05, 0) is 12.1 Å². The van der Waals surface area contributed by atoms with Gasteiger partial charge in [0.1, 0.15) is 13.6 Å². The van der Waals surface area contributed by atoms with Crippen LogP contribution in [0.1, 0.15) is 19.1 Å². The molecule has 1 aromatic carbocycles. The molecule has 1 aromatic heterocycles. The first-order chi connectivity index (χ1) is 10.0. The van der Waals surface area contributed by atoms with Gasteiger partial charge in [0, 0.05) is 10.6 Å². The average molecular weight is 449 g/mol. The molecule has 0 atom stereocenters. The van der Waals surface area contributed by atoms with Crippen LogP contribution in [-0.2, 0) is 0 Å². The van der Waals surface area contributed by atoms with Crippen molar-refractivity contribution in [2.75, 3.05) is 6.54 Å². The van der Waals surface area contributed by atoms with Gasteiger partial charge in [-0.3, -0.25) is 4.79 Å². The molecular weight excluding hydrogens is 439 g/mol. The Labute approximate surface area is 148 Å². The Hall–Kier alpha value is -0.870. The van der Waals surface area contributed by atoms with Crippen LogP contribution < -0.4 is 5.32 Å². The molecule has 2 rings (SSSR count). The lowest BCUT2D eigenvalue weighted by Crippen LogP contribution is -2.23. The summed E-state index contributed by atoms with van der Waals surface area (Å²) in [5, 5.41) is 4.05. The molecule has 0 bridgehead atoms. The highest BCUT2D eigenvalue weighted by Gasteiger charge is 2.22. The van der Waals surface area contributed by atoms with E-state index in [0.29, 0.717) is 15.6 Å². The third-order valence-corrected chi connectivity index (χ3v) is 4.75. The highest BCUT2D eigenvalue weighted by molar-refractivity contribution is 9.24. The van der Waals surface area contributed by atoms with Crippen molar-refractivity contribution in [1.82, 2.24) is 10.3 Å². The Morgan fingerprint density at radius 1 is 1.43 bits per heavy atom. The minimum absolute atomic E-state index is 0.182. The number of carbonyl (C=O) groups is 1. The van der Waals surface area contributed by atoms with E-state index in [2.05, 4.69) is 48.1 Å². The number of thiazole rings is 1. The molecule has 1 heterocycles. The van der Waals surface area contributed by atoms with Crippen molar-refractivity contribution < 1.29 is 4.79 Å². The van der Waals surface area contributed by atoms with E-state index in [0.717, 1.165) is 10.6 Å². The number of aromatic nitrogens is 1. The summed E-state index contributed by atoms with van der Waals surface area (Å²) >= 11 is 14.0. The van der Waals surface area contributed by atoms with E-state index in [9.17, 15) is 4.79 Å². The second kappa shape index (κ2) is 7.41. The summed E-state index contributed by atoms with van der Waals surface area (Å²) in [4.78, 5) is 17.2. The monoisotopic (exact) mass is 446 g/mol. The fourth-order valence-electron chi connectivity index (χ4n) is 1.57. The summed E-state index contributed by atoms with van der Waals surface area (Å²) in [7, 11) is 0. The second-order valence-electron chi connectivity index (χ2n) is 3.93. The van der Waals surface area contributed by atoms with E-state index in [1.807, 2.05) is 12.1 Å². The summed E-state index contributed by atoms with van der Waals surface area (Å²) in [6.45, 7) is 0.182. The van der Waals surface area contributed by atoms with Gasteiger partial charge in [-0.15, -0.1) is 17.8 Å². The molecule has 3 nitrogen and oxygen atoms in total. The number of hydrogen-bond acceptors (Lipinski definition) is 3. The number of alkyl halides is 2. The summed E-state index contributed by atoms with van der Waals surface area (Å²) < 4.78 is -0.214. The normalized spacial score (nSPS) is 10.4. The molecule has 0 saturated carbocycles. The lowest BCUT2D eigenvalue weighted by molar-refractivity contribution is 0.0962. The quantitative estimate of drug-likeness (QED) is 0.548. The van der Waals surface area contributed by atoms with Crippen molar-refractivity contribution in [3.05, 3.63) is 39.9 Å². The van der Waals surface area contributed by atoms with Gasteiger partial charge in [-0.25, -0.2) is 4.98 Å². The molecule has 1 amide bonds. The van der Waals surface area contributed by atoms with Crippen LogP contribution in [0.5, 0.6) is 0 Å². The Kier molecular flexibility index (Phi) is 5.82. The van der Waals surface area contributed by atoms with E-state index in [1.54, 1.807) is 12.1 Å². The molecule has 0 aliphatic heterocycles. The Morgan fingerprint density at radius 2 is 2.10 bits per heavy atom. The molecular formula is C14H9Br2ClN2OS. The molecule has 0 aliphatic rings. The molecule has 0 unspecified atom stereocenters. The summed E-state index contributed by atoms with van der Waals surface area (Å²) in [6, 6.07) is 7.31. The molecule has 108 valence electrons. The van der Waals surface area contributed by atoms with E-state index >= 15 is 0 Å². The molecule has 0 spiro atoms. The van der Waals surface area contributed by atoms with E-state index in [-0.39, 0.29) is 16.2 Å². The van der Waals surface area contributed by atoms with Crippen molar-refractivity contribution in [2.45, 2.75) is 3.74 Å². The SMILES string of the molecule is C#CCNC(=O)c1sc(-c2ccc(Cl)cc2)nc1C(Br)Br. The largest absolute Gasteiger partial charge is 0.340 e. The number of carbonyl (C=O) groups excluding carboxylic acids is 1. The Morgan fingerprint density at radius 3 is 2.67 bits per heavy atom. The first-order valence-corrected chi connectivity index (χ1v) is 8.82. The van der Waals surface area contributed by atoms with Crippen molar-refractivity contribution in [2.24, 2.45) is 0 Å². The van der Waals surface area contributed by atoms with E-state index in [1.165, 1.54) is 11.3 Å². The maximum atomic E-state index is 12.1. The minimum Gasteiger partial charge on any atom is -0.340 e. The van der Waals surface area contributed by atoms with Crippen LogP contribution in [0.4, 0.5) is 0 Å². The zero-order valence-corrected chi connectivity index (χ0v) is 15.3. The van der Waals surface area contributed by atoms with Gasteiger partial charge in [0.25, 0.3) is 5.91 Å². The molecule has 21 heavy (non-hydrogen) atoms. The zero-order chi connectivity index (χ0) is 15.4. The van der Waals surface area contributed by atoms with Gasteiger partial charge in [0.2, 0.25) is 0 Å². The van der Waals surface area contributed by atoms with Gasteiger partial charge in [0.15, 0.2) is 0 Å². The van der Waals surface area contributed by atoms with Gasteiger partial charge >= 0.3 is 0 Å². The number of rotatable bonds is 4. The second-order valence-corrected chi connectivity index (χ2v) is 8.42. The van der Waals surface area contributed by atoms with Crippen LogP contribution in [-0.4, -0.2) is 17.4 Å². The number of nitrogens with one attached hydrogen (secondary N) is 1. The Balaban J connectivity index is 2.39. The van der Waals surface area contributed by atoms with Gasteiger partial charge < -0.3 is 5.32 Å². The van der Waals surface area contributed by atoms with Crippen LogP contribution in [0, 0.1) is 12.3 Å². The van der Waals surface area contributed by atoms with Gasteiger partial charge in [-0.1, -0.05) is 61.5 Å². The number of amides is 1. The fraction of sp³-hybridized carbons (Fsp3) is 0.143. The van der Waals surface area contributed by atoms with Crippen molar-refractivity contribution in [1.29, 1.82) is 0 Å². The van der Waals surface area contributed by atoms with Crippen molar-refractivity contribution in [3.8, 4) is 22.9 Å². The first kappa shape index (κ1) is 16.5. The summed E-state index contributed by atoms with van der Waals surface area (Å²) in [5.41, 5.74) is 1.53. The van der Waals surface area contributed by atoms with Crippen molar-refractivity contribution >= 4 is 60.7 Å².